The Hall–Kier alpha value is -3.45. The van der Waals surface area contributed by atoms with Crippen molar-refractivity contribution in [1.29, 1.82) is 0 Å². The van der Waals surface area contributed by atoms with Crippen LogP contribution in [0.4, 0.5) is 23.1 Å². The van der Waals surface area contributed by atoms with Gasteiger partial charge in [-0.05, 0) is 49.5 Å². The van der Waals surface area contributed by atoms with E-state index in [1.54, 1.807) is 6.20 Å². The van der Waals surface area contributed by atoms with Crippen LogP contribution in [0.25, 0.3) is 0 Å². The first-order chi connectivity index (χ1) is 14.2. The summed E-state index contributed by atoms with van der Waals surface area (Å²) in [4.78, 5) is 25.5. The molecule has 0 spiro atoms. The maximum absolute atomic E-state index is 12.6. The second kappa shape index (κ2) is 8.70. The predicted molar refractivity (Wildman–Crippen MR) is 115 cm³/mol. The molecule has 2 N–H and O–H groups in total. The summed E-state index contributed by atoms with van der Waals surface area (Å²) in [5, 5.41) is 6.44. The van der Waals surface area contributed by atoms with E-state index in [9.17, 15) is 4.79 Å². The molecular formula is C22H24N6O. The highest BCUT2D eigenvalue weighted by Crippen LogP contribution is 2.18. The van der Waals surface area contributed by atoms with Gasteiger partial charge in [-0.25, -0.2) is 4.98 Å². The fourth-order valence-corrected chi connectivity index (χ4v) is 3.18. The number of carbonyl (C=O) groups is 1. The minimum atomic E-state index is 0.0787. The summed E-state index contributed by atoms with van der Waals surface area (Å²) in [6.45, 7) is 3.36. The van der Waals surface area contributed by atoms with Gasteiger partial charge in [-0.15, -0.1) is 0 Å². The van der Waals surface area contributed by atoms with Gasteiger partial charge in [0.05, 0.1) is 0 Å². The average molecular weight is 388 g/mol. The van der Waals surface area contributed by atoms with Crippen LogP contribution in [0.2, 0.25) is 0 Å². The second-order valence-electron chi connectivity index (χ2n) is 7.05. The summed E-state index contributed by atoms with van der Waals surface area (Å²) < 4.78 is 0. The van der Waals surface area contributed by atoms with Crippen LogP contribution in [-0.2, 0) is 0 Å². The molecule has 2 heterocycles. The highest BCUT2D eigenvalue weighted by Gasteiger charge is 2.20. The van der Waals surface area contributed by atoms with Gasteiger partial charge in [0.2, 0.25) is 5.95 Å². The number of hydrogen-bond acceptors (Lipinski definition) is 6. The minimum absolute atomic E-state index is 0.0787. The number of aromatic nitrogens is 2. The van der Waals surface area contributed by atoms with Gasteiger partial charge >= 0.3 is 0 Å². The molecule has 1 aromatic heterocycles. The third-order valence-corrected chi connectivity index (χ3v) is 4.88. The van der Waals surface area contributed by atoms with Crippen LogP contribution in [0.5, 0.6) is 0 Å². The number of hydrogen-bond donors (Lipinski definition) is 2. The smallest absolute Gasteiger partial charge is 0.253 e. The number of carbonyl (C=O) groups excluding carboxylic acids is 1. The standard InChI is InChI=1S/C22H24N6O/c1-27-13-15-28(16-14-27)21(29)17-7-9-19(10-8-17)25-22-23-12-11-20(26-22)24-18-5-3-2-4-6-18/h2-12H,13-16H2,1H3,(H2,23,24,25,26). The first-order valence-electron chi connectivity index (χ1n) is 9.67. The number of para-hydroxylation sites is 1. The van der Waals surface area contributed by atoms with Crippen LogP contribution in [0.1, 0.15) is 10.4 Å². The fourth-order valence-electron chi connectivity index (χ4n) is 3.18. The molecule has 1 amide bonds. The molecule has 4 rings (SSSR count). The lowest BCUT2D eigenvalue weighted by molar-refractivity contribution is 0.0664. The van der Waals surface area contributed by atoms with Gasteiger partial charge in [-0.2, -0.15) is 4.98 Å². The highest BCUT2D eigenvalue weighted by molar-refractivity contribution is 5.94. The van der Waals surface area contributed by atoms with Crippen molar-refractivity contribution in [3.05, 3.63) is 72.4 Å². The van der Waals surface area contributed by atoms with Crippen molar-refractivity contribution in [2.75, 3.05) is 43.9 Å². The summed E-state index contributed by atoms with van der Waals surface area (Å²) in [5.74, 6) is 1.27. The summed E-state index contributed by atoms with van der Waals surface area (Å²) in [6.07, 6.45) is 1.70. The van der Waals surface area contributed by atoms with E-state index >= 15 is 0 Å². The van der Waals surface area contributed by atoms with Gasteiger partial charge in [0.15, 0.2) is 0 Å². The Morgan fingerprint density at radius 2 is 1.55 bits per heavy atom. The molecule has 1 saturated heterocycles. The molecule has 7 nitrogen and oxygen atoms in total. The molecule has 1 aliphatic rings. The Morgan fingerprint density at radius 1 is 0.862 bits per heavy atom. The Balaban J connectivity index is 1.40. The molecule has 7 heteroatoms. The summed E-state index contributed by atoms with van der Waals surface area (Å²) in [5.41, 5.74) is 2.49. The van der Waals surface area contributed by atoms with Gasteiger partial charge in [0.25, 0.3) is 5.91 Å². The maximum Gasteiger partial charge on any atom is 0.253 e. The molecule has 1 aliphatic heterocycles. The number of rotatable bonds is 5. The van der Waals surface area contributed by atoms with Crippen molar-refractivity contribution in [3.8, 4) is 0 Å². The average Bonchev–Trinajstić information content (AvgIpc) is 2.75. The number of nitrogens with one attached hydrogen (secondary N) is 2. The Morgan fingerprint density at radius 3 is 2.28 bits per heavy atom. The zero-order chi connectivity index (χ0) is 20.1. The van der Waals surface area contributed by atoms with Gasteiger partial charge in [0, 0.05) is 49.3 Å². The van der Waals surface area contributed by atoms with E-state index in [4.69, 9.17) is 0 Å². The Kier molecular flexibility index (Phi) is 5.67. The number of amides is 1. The molecule has 1 fully saturated rings. The molecule has 148 valence electrons. The molecule has 2 aromatic carbocycles. The maximum atomic E-state index is 12.6. The van der Waals surface area contributed by atoms with Crippen LogP contribution < -0.4 is 10.6 Å². The fraction of sp³-hybridized carbons (Fsp3) is 0.227. The number of likely N-dealkylation sites (N-methyl/N-ethyl adjacent to an activating group) is 1. The van der Waals surface area contributed by atoms with Crippen molar-refractivity contribution in [1.82, 2.24) is 19.8 Å². The topological polar surface area (TPSA) is 73.4 Å². The first-order valence-corrected chi connectivity index (χ1v) is 9.67. The first kappa shape index (κ1) is 18.9. The zero-order valence-electron chi connectivity index (χ0n) is 16.4. The van der Waals surface area contributed by atoms with E-state index in [0.717, 1.165) is 37.6 Å². The molecule has 3 aromatic rings. The highest BCUT2D eigenvalue weighted by atomic mass is 16.2. The normalized spacial score (nSPS) is 14.4. The van der Waals surface area contributed by atoms with Crippen molar-refractivity contribution in [2.45, 2.75) is 0 Å². The van der Waals surface area contributed by atoms with E-state index in [1.165, 1.54) is 0 Å². The van der Waals surface area contributed by atoms with Crippen molar-refractivity contribution in [2.24, 2.45) is 0 Å². The van der Waals surface area contributed by atoms with Crippen LogP contribution in [0.15, 0.2) is 66.9 Å². The summed E-state index contributed by atoms with van der Waals surface area (Å²) in [6, 6.07) is 19.1. The van der Waals surface area contributed by atoms with Gasteiger partial charge in [-0.1, -0.05) is 18.2 Å². The van der Waals surface area contributed by atoms with Gasteiger partial charge < -0.3 is 20.4 Å². The quantitative estimate of drug-likeness (QED) is 0.698. The molecule has 0 atom stereocenters. The van der Waals surface area contributed by atoms with Gasteiger partial charge in [0.1, 0.15) is 5.82 Å². The zero-order valence-corrected chi connectivity index (χ0v) is 16.4. The lowest BCUT2D eigenvalue weighted by atomic mass is 10.1. The molecule has 0 aliphatic carbocycles. The largest absolute Gasteiger partial charge is 0.340 e. The van der Waals surface area contributed by atoms with E-state index in [1.807, 2.05) is 65.6 Å². The number of nitrogens with zero attached hydrogens (tertiary/aromatic N) is 4. The van der Waals surface area contributed by atoms with E-state index in [2.05, 4.69) is 32.5 Å². The Bertz CT molecular complexity index is 953. The molecular weight excluding hydrogens is 364 g/mol. The van der Waals surface area contributed by atoms with Crippen molar-refractivity contribution >= 4 is 29.0 Å². The minimum Gasteiger partial charge on any atom is -0.340 e. The number of benzene rings is 2. The third-order valence-electron chi connectivity index (χ3n) is 4.88. The van der Waals surface area contributed by atoms with E-state index in [0.29, 0.717) is 17.3 Å². The molecule has 0 bridgehead atoms. The van der Waals surface area contributed by atoms with Crippen LogP contribution in [-0.4, -0.2) is 58.9 Å². The van der Waals surface area contributed by atoms with Crippen molar-refractivity contribution < 1.29 is 4.79 Å². The Labute approximate surface area is 170 Å². The monoisotopic (exact) mass is 388 g/mol. The molecule has 0 radical (unpaired) electrons. The lowest BCUT2D eigenvalue weighted by Gasteiger charge is -2.32. The van der Waals surface area contributed by atoms with E-state index in [-0.39, 0.29) is 5.91 Å². The third kappa shape index (κ3) is 4.89. The lowest BCUT2D eigenvalue weighted by Crippen LogP contribution is -2.47. The van der Waals surface area contributed by atoms with Gasteiger partial charge in [-0.3, -0.25) is 4.79 Å². The second-order valence-corrected chi connectivity index (χ2v) is 7.05. The van der Waals surface area contributed by atoms with Crippen LogP contribution in [0.3, 0.4) is 0 Å². The molecule has 29 heavy (non-hydrogen) atoms. The van der Waals surface area contributed by atoms with E-state index < -0.39 is 0 Å². The summed E-state index contributed by atoms with van der Waals surface area (Å²) in [7, 11) is 2.08. The molecule has 0 saturated carbocycles. The predicted octanol–water partition coefficient (Wildman–Crippen LogP) is 3.35. The van der Waals surface area contributed by atoms with Crippen LogP contribution in [0, 0.1) is 0 Å². The van der Waals surface area contributed by atoms with Crippen molar-refractivity contribution in [3.63, 3.8) is 0 Å². The number of anilines is 4. The number of piperazine rings is 1. The van der Waals surface area contributed by atoms with Crippen LogP contribution >= 0.6 is 0 Å². The summed E-state index contributed by atoms with van der Waals surface area (Å²) >= 11 is 0. The SMILES string of the molecule is CN1CCN(C(=O)c2ccc(Nc3nccc(Nc4ccccc4)n3)cc2)CC1. The molecule has 0 unspecified atom stereocenters.